The van der Waals surface area contributed by atoms with E-state index in [0.29, 0.717) is 6.04 Å². The molecule has 0 radical (unpaired) electrons. The van der Waals surface area contributed by atoms with Crippen molar-refractivity contribution in [3.05, 3.63) is 60.2 Å². The van der Waals surface area contributed by atoms with Gasteiger partial charge < -0.3 is 5.32 Å². The van der Waals surface area contributed by atoms with Crippen molar-refractivity contribution in [2.24, 2.45) is 0 Å². The number of hydrogen-bond donors (Lipinski definition) is 1. The minimum atomic E-state index is 0.498. The summed E-state index contributed by atoms with van der Waals surface area (Å²) >= 11 is 0. The average Bonchev–Trinajstić information content (AvgIpc) is 2.43. The predicted octanol–water partition coefficient (Wildman–Crippen LogP) is 4.49. The molecule has 0 heterocycles. The molecular formula is C18H19N. The Morgan fingerprint density at radius 2 is 1.37 bits per heavy atom. The highest BCUT2D eigenvalue weighted by atomic mass is 14.9. The number of hydrogen-bond acceptors (Lipinski definition) is 1. The van der Waals surface area contributed by atoms with Crippen molar-refractivity contribution in [3.63, 3.8) is 0 Å². The zero-order valence-corrected chi connectivity index (χ0v) is 11.5. The molecule has 0 bridgehead atoms. The summed E-state index contributed by atoms with van der Waals surface area (Å²) in [5, 5.41) is 8.90. The summed E-state index contributed by atoms with van der Waals surface area (Å²) in [7, 11) is 0. The molecule has 0 amide bonds. The first-order valence-corrected chi connectivity index (χ1v) is 6.88. The maximum absolute atomic E-state index is 3.55. The monoisotopic (exact) mass is 249 g/mol. The van der Waals surface area contributed by atoms with Gasteiger partial charge in [-0.1, -0.05) is 62.4 Å². The highest BCUT2D eigenvalue weighted by Crippen LogP contribution is 2.28. The van der Waals surface area contributed by atoms with E-state index in [0.717, 1.165) is 6.54 Å². The second kappa shape index (κ2) is 5.02. The van der Waals surface area contributed by atoms with Crippen LogP contribution in [0, 0.1) is 0 Å². The van der Waals surface area contributed by atoms with Gasteiger partial charge in [-0.2, -0.15) is 0 Å². The van der Waals surface area contributed by atoms with Crippen LogP contribution in [0.5, 0.6) is 0 Å². The van der Waals surface area contributed by atoms with Crippen molar-refractivity contribution in [2.75, 3.05) is 0 Å². The van der Waals surface area contributed by atoms with Crippen molar-refractivity contribution >= 4 is 21.5 Å². The third-order valence-corrected chi connectivity index (χ3v) is 3.57. The van der Waals surface area contributed by atoms with Crippen LogP contribution in [-0.2, 0) is 6.54 Å². The Kier molecular flexibility index (Phi) is 3.22. The second-order valence-corrected chi connectivity index (χ2v) is 5.33. The van der Waals surface area contributed by atoms with Crippen molar-refractivity contribution in [1.82, 2.24) is 5.32 Å². The van der Waals surface area contributed by atoms with Gasteiger partial charge in [0.05, 0.1) is 0 Å². The van der Waals surface area contributed by atoms with Crippen LogP contribution in [0.2, 0.25) is 0 Å². The number of nitrogens with one attached hydrogen (secondary N) is 1. The zero-order valence-electron chi connectivity index (χ0n) is 11.5. The Morgan fingerprint density at radius 1 is 0.842 bits per heavy atom. The van der Waals surface area contributed by atoms with Crippen molar-refractivity contribution < 1.29 is 0 Å². The molecule has 0 fully saturated rings. The van der Waals surface area contributed by atoms with Crippen LogP contribution in [-0.4, -0.2) is 6.04 Å². The smallest absolute Gasteiger partial charge is 0.0220 e. The summed E-state index contributed by atoms with van der Waals surface area (Å²) in [6, 6.07) is 20.1. The van der Waals surface area contributed by atoms with E-state index in [4.69, 9.17) is 0 Å². The zero-order chi connectivity index (χ0) is 13.2. The molecule has 1 N–H and O–H groups in total. The minimum Gasteiger partial charge on any atom is -0.310 e. The fourth-order valence-corrected chi connectivity index (χ4v) is 2.60. The molecule has 0 saturated heterocycles. The van der Waals surface area contributed by atoms with Crippen molar-refractivity contribution in [1.29, 1.82) is 0 Å². The van der Waals surface area contributed by atoms with Crippen LogP contribution in [0.3, 0.4) is 0 Å². The summed E-state index contributed by atoms with van der Waals surface area (Å²) in [5.41, 5.74) is 1.41. The predicted molar refractivity (Wildman–Crippen MR) is 83.4 cm³/mol. The van der Waals surface area contributed by atoms with Crippen molar-refractivity contribution in [3.8, 4) is 0 Å². The summed E-state index contributed by atoms with van der Waals surface area (Å²) < 4.78 is 0. The standard InChI is InChI=1S/C18H19N/c1-13(2)19-12-18-16-9-5-3-7-14(16)11-15-8-4-6-10-17(15)18/h3-11,13,19H,12H2,1-2H3. The normalized spacial score (nSPS) is 11.5. The molecule has 19 heavy (non-hydrogen) atoms. The van der Waals surface area contributed by atoms with Crippen LogP contribution in [0.1, 0.15) is 19.4 Å². The molecule has 3 aromatic rings. The summed E-state index contributed by atoms with van der Waals surface area (Å²) in [5.74, 6) is 0. The van der Waals surface area contributed by atoms with E-state index in [2.05, 4.69) is 73.8 Å². The van der Waals surface area contributed by atoms with Gasteiger partial charge in [0.25, 0.3) is 0 Å². The van der Waals surface area contributed by atoms with Gasteiger partial charge in [-0.05, 0) is 33.2 Å². The lowest BCUT2D eigenvalue weighted by atomic mass is 9.96. The molecule has 0 aliphatic rings. The molecule has 3 rings (SSSR count). The van der Waals surface area contributed by atoms with Gasteiger partial charge in [-0.25, -0.2) is 0 Å². The third-order valence-electron chi connectivity index (χ3n) is 3.57. The minimum absolute atomic E-state index is 0.498. The number of benzene rings is 3. The maximum atomic E-state index is 3.55. The van der Waals surface area contributed by atoms with Crippen LogP contribution in [0.15, 0.2) is 54.6 Å². The second-order valence-electron chi connectivity index (χ2n) is 5.33. The molecule has 0 spiro atoms. The first kappa shape index (κ1) is 12.2. The Labute approximate surface area is 114 Å². The number of rotatable bonds is 3. The van der Waals surface area contributed by atoms with Gasteiger partial charge >= 0.3 is 0 Å². The molecule has 1 heteroatoms. The van der Waals surface area contributed by atoms with E-state index in [1.165, 1.54) is 27.1 Å². The first-order chi connectivity index (χ1) is 9.25. The summed E-state index contributed by atoms with van der Waals surface area (Å²) in [6.07, 6.45) is 0. The molecule has 0 atom stereocenters. The molecule has 0 aliphatic carbocycles. The Balaban J connectivity index is 2.26. The molecule has 0 saturated carbocycles. The van der Waals surface area contributed by atoms with Gasteiger partial charge in [0.15, 0.2) is 0 Å². The van der Waals surface area contributed by atoms with Crippen molar-refractivity contribution in [2.45, 2.75) is 26.4 Å². The lowest BCUT2D eigenvalue weighted by Gasteiger charge is -2.14. The summed E-state index contributed by atoms with van der Waals surface area (Å²) in [6.45, 7) is 5.29. The largest absolute Gasteiger partial charge is 0.310 e. The average molecular weight is 249 g/mol. The quantitative estimate of drug-likeness (QED) is 0.674. The van der Waals surface area contributed by atoms with Crippen LogP contribution in [0.4, 0.5) is 0 Å². The molecule has 3 aromatic carbocycles. The van der Waals surface area contributed by atoms with E-state index in [-0.39, 0.29) is 0 Å². The molecule has 0 aromatic heterocycles. The Hall–Kier alpha value is -1.86. The highest BCUT2D eigenvalue weighted by molar-refractivity contribution is 6.02. The molecule has 96 valence electrons. The van der Waals surface area contributed by atoms with Crippen LogP contribution < -0.4 is 5.32 Å². The van der Waals surface area contributed by atoms with Gasteiger partial charge in [0.1, 0.15) is 0 Å². The van der Waals surface area contributed by atoms with E-state index in [9.17, 15) is 0 Å². The lowest BCUT2D eigenvalue weighted by Crippen LogP contribution is -2.22. The fourth-order valence-electron chi connectivity index (χ4n) is 2.60. The Bertz CT molecular complexity index is 659. The molecule has 1 nitrogen and oxygen atoms in total. The fraction of sp³-hybridized carbons (Fsp3) is 0.222. The van der Waals surface area contributed by atoms with E-state index in [1.807, 2.05) is 0 Å². The van der Waals surface area contributed by atoms with Crippen LogP contribution >= 0.6 is 0 Å². The third kappa shape index (κ3) is 2.34. The van der Waals surface area contributed by atoms with Gasteiger partial charge in [-0.3, -0.25) is 0 Å². The van der Waals surface area contributed by atoms with E-state index in [1.54, 1.807) is 0 Å². The summed E-state index contributed by atoms with van der Waals surface area (Å²) in [4.78, 5) is 0. The lowest BCUT2D eigenvalue weighted by molar-refractivity contribution is 0.592. The van der Waals surface area contributed by atoms with Gasteiger partial charge in [0, 0.05) is 12.6 Å². The van der Waals surface area contributed by atoms with Gasteiger partial charge in [-0.15, -0.1) is 0 Å². The Morgan fingerprint density at radius 3 is 1.89 bits per heavy atom. The van der Waals surface area contributed by atoms with E-state index < -0.39 is 0 Å². The number of fused-ring (bicyclic) bond motifs is 2. The highest BCUT2D eigenvalue weighted by Gasteiger charge is 2.07. The molecular weight excluding hydrogens is 230 g/mol. The van der Waals surface area contributed by atoms with E-state index >= 15 is 0 Å². The van der Waals surface area contributed by atoms with Crippen LogP contribution in [0.25, 0.3) is 21.5 Å². The molecule has 0 unspecified atom stereocenters. The topological polar surface area (TPSA) is 12.0 Å². The first-order valence-electron chi connectivity index (χ1n) is 6.88. The SMILES string of the molecule is CC(C)NCc1c2ccccc2cc2ccccc12. The van der Waals surface area contributed by atoms with Gasteiger partial charge in [0.2, 0.25) is 0 Å². The molecule has 0 aliphatic heterocycles. The maximum Gasteiger partial charge on any atom is 0.0220 e.